The van der Waals surface area contributed by atoms with E-state index in [1.165, 1.54) is 0 Å². The Kier molecular flexibility index (Phi) is 2.60. The molecule has 1 aliphatic carbocycles. The predicted molar refractivity (Wildman–Crippen MR) is 55.7 cm³/mol. The van der Waals surface area contributed by atoms with Crippen molar-refractivity contribution in [2.75, 3.05) is 0 Å². The van der Waals surface area contributed by atoms with Gasteiger partial charge in [-0.1, -0.05) is 15.9 Å². The molecule has 1 atom stereocenters. The van der Waals surface area contributed by atoms with Crippen LogP contribution in [0.5, 0.6) is 0 Å². The number of hydrogen-bond acceptors (Lipinski definition) is 0. The summed E-state index contributed by atoms with van der Waals surface area (Å²) in [4.78, 5) is 0.108. The third-order valence-corrected chi connectivity index (χ3v) is 3.74. The van der Waals surface area contributed by atoms with Gasteiger partial charge in [0.25, 0.3) is 0 Å². The van der Waals surface area contributed by atoms with E-state index in [1.807, 2.05) is 0 Å². The monoisotopic (exact) mass is 260 g/mol. The molecule has 3 heteroatoms. The lowest BCUT2D eigenvalue weighted by molar-refractivity contribution is 0.541. The van der Waals surface area contributed by atoms with Crippen LogP contribution in [0.25, 0.3) is 0 Å². The number of benzene rings is 1. The number of hydrogen-bond donors (Lipinski definition) is 0. The van der Waals surface area contributed by atoms with Gasteiger partial charge in [0.05, 0.1) is 0 Å². The van der Waals surface area contributed by atoms with E-state index in [2.05, 4.69) is 15.9 Å². The van der Waals surface area contributed by atoms with Gasteiger partial charge in [-0.25, -0.2) is 8.78 Å². The Morgan fingerprint density at radius 3 is 2.79 bits per heavy atom. The van der Waals surface area contributed by atoms with E-state index in [0.29, 0.717) is 11.1 Å². The van der Waals surface area contributed by atoms with E-state index in [1.54, 1.807) is 6.92 Å². The van der Waals surface area contributed by atoms with Crippen molar-refractivity contribution in [3.63, 3.8) is 0 Å². The van der Waals surface area contributed by atoms with Gasteiger partial charge < -0.3 is 0 Å². The molecule has 1 aromatic carbocycles. The molecule has 0 N–H and O–H groups in total. The van der Waals surface area contributed by atoms with Crippen LogP contribution in [0.15, 0.2) is 6.07 Å². The molecule has 0 aromatic heterocycles. The molecule has 14 heavy (non-hydrogen) atoms. The maximum atomic E-state index is 13.4. The van der Waals surface area contributed by atoms with Crippen LogP contribution in [-0.2, 0) is 6.42 Å². The molecule has 0 spiro atoms. The van der Waals surface area contributed by atoms with Crippen LogP contribution in [-0.4, -0.2) is 0 Å². The third kappa shape index (κ3) is 1.48. The molecule has 1 aliphatic rings. The summed E-state index contributed by atoms with van der Waals surface area (Å²) >= 11 is 3.47. The average Bonchev–Trinajstić information content (AvgIpc) is 2.14. The number of alkyl halides is 1. The fourth-order valence-electron chi connectivity index (χ4n) is 2.07. The Morgan fingerprint density at radius 1 is 1.36 bits per heavy atom. The molecule has 0 radical (unpaired) electrons. The maximum Gasteiger partial charge on any atom is 0.129 e. The Morgan fingerprint density at radius 2 is 2.07 bits per heavy atom. The largest absolute Gasteiger partial charge is 0.207 e. The molecule has 0 heterocycles. The van der Waals surface area contributed by atoms with Crippen LogP contribution in [0.1, 0.15) is 34.4 Å². The fraction of sp³-hybridized carbons (Fsp3) is 0.455. The summed E-state index contributed by atoms with van der Waals surface area (Å²) in [6, 6.07) is 0.999. The van der Waals surface area contributed by atoms with Crippen LogP contribution >= 0.6 is 15.9 Å². The van der Waals surface area contributed by atoms with Crippen LogP contribution in [0.4, 0.5) is 8.78 Å². The fourth-order valence-corrected chi connectivity index (χ4v) is 3.01. The van der Waals surface area contributed by atoms with E-state index >= 15 is 0 Å². The molecule has 1 aromatic rings. The van der Waals surface area contributed by atoms with E-state index in [0.717, 1.165) is 30.9 Å². The predicted octanol–water partition coefficient (Wildman–Crippen LogP) is 4.05. The summed E-state index contributed by atoms with van der Waals surface area (Å²) in [5.41, 5.74) is 2.11. The van der Waals surface area contributed by atoms with Gasteiger partial charge in [-0.15, -0.1) is 0 Å². The van der Waals surface area contributed by atoms with E-state index in [9.17, 15) is 8.78 Å². The van der Waals surface area contributed by atoms with Gasteiger partial charge in [0.2, 0.25) is 0 Å². The van der Waals surface area contributed by atoms with Gasteiger partial charge in [-0.3, -0.25) is 0 Å². The molecular weight excluding hydrogens is 250 g/mol. The van der Waals surface area contributed by atoms with Crippen molar-refractivity contribution in [1.29, 1.82) is 0 Å². The minimum Gasteiger partial charge on any atom is -0.207 e. The van der Waals surface area contributed by atoms with Crippen molar-refractivity contribution < 1.29 is 8.78 Å². The van der Waals surface area contributed by atoms with Gasteiger partial charge >= 0.3 is 0 Å². The highest BCUT2D eigenvalue weighted by atomic mass is 79.9. The molecule has 0 amide bonds. The lowest BCUT2D eigenvalue weighted by Crippen LogP contribution is -2.11. The van der Waals surface area contributed by atoms with Crippen molar-refractivity contribution in [2.45, 2.75) is 31.0 Å². The van der Waals surface area contributed by atoms with Crippen LogP contribution < -0.4 is 0 Å². The smallest absolute Gasteiger partial charge is 0.129 e. The van der Waals surface area contributed by atoms with Crippen molar-refractivity contribution in [3.8, 4) is 0 Å². The van der Waals surface area contributed by atoms with E-state index in [4.69, 9.17) is 0 Å². The van der Waals surface area contributed by atoms with E-state index in [-0.39, 0.29) is 4.83 Å². The van der Waals surface area contributed by atoms with Crippen LogP contribution in [0, 0.1) is 18.6 Å². The Balaban J connectivity index is 2.67. The summed E-state index contributed by atoms with van der Waals surface area (Å²) in [7, 11) is 0. The zero-order valence-electron chi connectivity index (χ0n) is 7.91. The molecule has 2 rings (SSSR count). The van der Waals surface area contributed by atoms with Gasteiger partial charge in [0, 0.05) is 10.9 Å². The van der Waals surface area contributed by atoms with Gasteiger partial charge in [0.1, 0.15) is 11.6 Å². The molecular formula is C11H11BrF2. The maximum absolute atomic E-state index is 13.4. The highest BCUT2D eigenvalue weighted by Gasteiger charge is 2.24. The summed E-state index contributed by atoms with van der Waals surface area (Å²) in [6.07, 6.45) is 2.64. The first-order valence-electron chi connectivity index (χ1n) is 4.72. The first kappa shape index (κ1) is 10.1. The van der Waals surface area contributed by atoms with Crippen molar-refractivity contribution in [3.05, 3.63) is 34.4 Å². The molecule has 0 nitrogen and oxygen atoms in total. The molecule has 0 saturated heterocycles. The molecule has 0 aliphatic heterocycles. The van der Waals surface area contributed by atoms with E-state index < -0.39 is 11.6 Å². The Labute approximate surface area is 90.4 Å². The van der Waals surface area contributed by atoms with Crippen LogP contribution in [0.3, 0.4) is 0 Å². The topological polar surface area (TPSA) is 0 Å². The second-order valence-corrected chi connectivity index (χ2v) is 4.82. The molecule has 76 valence electrons. The quantitative estimate of drug-likeness (QED) is 0.618. The zero-order valence-corrected chi connectivity index (χ0v) is 9.50. The lowest BCUT2D eigenvalue weighted by atomic mass is 9.88. The minimum absolute atomic E-state index is 0.108. The zero-order chi connectivity index (χ0) is 10.3. The van der Waals surface area contributed by atoms with Gasteiger partial charge in [0.15, 0.2) is 0 Å². The Bertz CT molecular complexity index is 374. The summed E-state index contributed by atoms with van der Waals surface area (Å²) in [5, 5.41) is 0. The van der Waals surface area contributed by atoms with Crippen molar-refractivity contribution >= 4 is 15.9 Å². The molecule has 1 unspecified atom stereocenters. The summed E-state index contributed by atoms with van der Waals surface area (Å²) in [5.74, 6) is -0.833. The second kappa shape index (κ2) is 3.61. The third-order valence-electron chi connectivity index (χ3n) is 2.83. The first-order chi connectivity index (χ1) is 6.61. The summed E-state index contributed by atoms with van der Waals surface area (Å²) in [6.45, 7) is 1.72. The van der Waals surface area contributed by atoms with Gasteiger partial charge in [-0.2, -0.15) is 0 Å². The number of rotatable bonds is 0. The molecule has 0 bridgehead atoms. The van der Waals surface area contributed by atoms with Gasteiger partial charge in [-0.05, 0) is 42.9 Å². The van der Waals surface area contributed by atoms with Crippen LogP contribution in [0.2, 0.25) is 0 Å². The van der Waals surface area contributed by atoms with Crippen molar-refractivity contribution in [1.82, 2.24) is 0 Å². The minimum atomic E-state index is -0.437. The first-order valence-corrected chi connectivity index (χ1v) is 5.64. The highest BCUT2D eigenvalue weighted by molar-refractivity contribution is 9.09. The highest BCUT2D eigenvalue weighted by Crippen LogP contribution is 2.39. The number of fused-ring (bicyclic) bond motifs is 1. The molecule has 0 saturated carbocycles. The number of halogens is 3. The molecule has 0 fully saturated rings. The SMILES string of the molecule is Cc1c(F)cc(F)c2c1C(Br)CCC2. The second-order valence-electron chi connectivity index (χ2n) is 3.72. The normalized spacial score (nSPS) is 20.7. The lowest BCUT2D eigenvalue weighted by Gasteiger charge is -2.23. The summed E-state index contributed by atoms with van der Waals surface area (Å²) < 4.78 is 26.7. The standard InChI is InChI=1S/C11H11BrF2/c1-6-9(13)5-10(14)7-3-2-4-8(12)11(6)7/h5,8H,2-4H2,1H3. The average molecular weight is 261 g/mol. The Hall–Kier alpha value is -0.440. The van der Waals surface area contributed by atoms with Crippen molar-refractivity contribution in [2.24, 2.45) is 0 Å².